The van der Waals surface area contributed by atoms with Crippen molar-refractivity contribution in [3.63, 3.8) is 0 Å². The number of nitrogens with zero attached hydrogens (tertiary/aromatic N) is 2. The summed E-state index contributed by atoms with van der Waals surface area (Å²) in [6.45, 7) is 2.00. The number of nitrogens with two attached hydrogens (primary N) is 1. The molecule has 2 aromatic carbocycles. The van der Waals surface area contributed by atoms with Gasteiger partial charge in [-0.1, -0.05) is 59.6 Å². The molecule has 0 atom stereocenters. The molecule has 2 amide bonds. The van der Waals surface area contributed by atoms with Gasteiger partial charge in [-0.25, -0.2) is 14.7 Å². The quantitative estimate of drug-likeness (QED) is 0.652. The molecule has 6 heteroatoms. The summed E-state index contributed by atoms with van der Waals surface area (Å²) in [6.07, 6.45) is 0. The molecule has 0 saturated heterocycles. The molecule has 3 rings (SSSR count). The Bertz CT molecular complexity index is 923. The van der Waals surface area contributed by atoms with E-state index in [1.165, 1.54) is 4.90 Å². The standard InChI is InChI=1S/C19H15Cl2N3O/c1-12-6-2-3-7-13(12)16-10-5-11-17(23-16)24(19(22)25)18-14(20)8-4-9-15(18)21/h2-11H,1H3,(H2,22,25). The summed E-state index contributed by atoms with van der Waals surface area (Å²) >= 11 is 12.5. The van der Waals surface area contributed by atoms with E-state index in [1.54, 1.807) is 24.3 Å². The Balaban J connectivity index is 2.15. The first-order chi connectivity index (χ1) is 12.0. The third kappa shape index (κ3) is 3.45. The molecule has 4 nitrogen and oxygen atoms in total. The second kappa shape index (κ2) is 7.13. The molecular formula is C19H15Cl2N3O. The van der Waals surface area contributed by atoms with Crippen LogP contribution in [0.15, 0.2) is 60.7 Å². The van der Waals surface area contributed by atoms with Crippen molar-refractivity contribution in [3.8, 4) is 11.3 Å². The van der Waals surface area contributed by atoms with Gasteiger partial charge in [0.15, 0.2) is 0 Å². The SMILES string of the molecule is Cc1ccccc1-c1cccc(N(C(N)=O)c2c(Cl)cccc2Cl)n1. The maximum atomic E-state index is 12.1. The molecule has 126 valence electrons. The number of hydrogen-bond donors (Lipinski definition) is 1. The van der Waals surface area contributed by atoms with Crippen molar-refractivity contribution >= 4 is 40.7 Å². The second-order valence-electron chi connectivity index (χ2n) is 5.44. The van der Waals surface area contributed by atoms with E-state index in [4.69, 9.17) is 28.9 Å². The van der Waals surface area contributed by atoms with Crippen LogP contribution in [0.5, 0.6) is 0 Å². The maximum absolute atomic E-state index is 12.1. The zero-order valence-corrected chi connectivity index (χ0v) is 14.9. The van der Waals surface area contributed by atoms with Crippen LogP contribution in [0.4, 0.5) is 16.3 Å². The lowest BCUT2D eigenvalue weighted by Gasteiger charge is -2.22. The maximum Gasteiger partial charge on any atom is 0.325 e. The van der Waals surface area contributed by atoms with E-state index in [0.29, 0.717) is 21.6 Å². The van der Waals surface area contributed by atoms with Crippen molar-refractivity contribution in [1.29, 1.82) is 0 Å². The molecule has 1 aromatic heterocycles. The molecule has 3 aromatic rings. The van der Waals surface area contributed by atoms with Gasteiger partial charge in [-0.05, 0) is 36.8 Å². The van der Waals surface area contributed by atoms with Gasteiger partial charge in [-0.15, -0.1) is 0 Å². The van der Waals surface area contributed by atoms with Crippen molar-refractivity contribution in [2.24, 2.45) is 5.73 Å². The number of aryl methyl sites for hydroxylation is 1. The molecule has 0 aliphatic heterocycles. The number of halogens is 2. The number of pyridine rings is 1. The number of para-hydroxylation sites is 1. The molecule has 2 N–H and O–H groups in total. The highest BCUT2D eigenvalue weighted by atomic mass is 35.5. The van der Waals surface area contributed by atoms with Crippen LogP contribution >= 0.6 is 23.2 Å². The van der Waals surface area contributed by atoms with Gasteiger partial charge in [-0.2, -0.15) is 0 Å². The summed E-state index contributed by atoms with van der Waals surface area (Å²) < 4.78 is 0. The van der Waals surface area contributed by atoms with E-state index in [1.807, 2.05) is 43.3 Å². The lowest BCUT2D eigenvalue weighted by atomic mass is 10.1. The molecular weight excluding hydrogens is 357 g/mol. The predicted molar refractivity (Wildman–Crippen MR) is 103 cm³/mol. The monoisotopic (exact) mass is 371 g/mol. The summed E-state index contributed by atoms with van der Waals surface area (Å²) in [5.41, 5.74) is 8.68. The van der Waals surface area contributed by atoms with E-state index < -0.39 is 6.03 Å². The molecule has 0 unspecified atom stereocenters. The van der Waals surface area contributed by atoms with Crippen molar-refractivity contribution < 1.29 is 4.79 Å². The molecule has 0 fully saturated rings. The second-order valence-corrected chi connectivity index (χ2v) is 6.25. The van der Waals surface area contributed by atoms with Crippen LogP contribution in [0.25, 0.3) is 11.3 Å². The number of rotatable bonds is 3. The topological polar surface area (TPSA) is 59.2 Å². The van der Waals surface area contributed by atoms with Gasteiger partial charge in [0.2, 0.25) is 0 Å². The third-order valence-corrected chi connectivity index (χ3v) is 4.38. The van der Waals surface area contributed by atoms with E-state index in [2.05, 4.69) is 4.98 Å². The molecule has 0 radical (unpaired) electrons. The zero-order valence-electron chi connectivity index (χ0n) is 13.4. The Morgan fingerprint density at radius 1 is 0.960 bits per heavy atom. The van der Waals surface area contributed by atoms with Crippen molar-refractivity contribution in [1.82, 2.24) is 4.98 Å². The summed E-state index contributed by atoms with van der Waals surface area (Å²) in [5, 5.41) is 0.629. The van der Waals surface area contributed by atoms with Crippen LogP contribution in [-0.2, 0) is 0 Å². The van der Waals surface area contributed by atoms with E-state index in [9.17, 15) is 4.79 Å². The Morgan fingerprint density at radius 3 is 2.24 bits per heavy atom. The number of carbonyl (C=O) groups is 1. The summed E-state index contributed by atoms with van der Waals surface area (Å²) in [6, 6.07) is 17.5. The predicted octanol–water partition coefficient (Wildman–Crippen LogP) is 5.58. The van der Waals surface area contributed by atoms with E-state index >= 15 is 0 Å². The molecule has 0 bridgehead atoms. The van der Waals surface area contributed by atoms with Crippen LogP contribution in [0.1, 0.15) is 5.56 Å². The van der Waals surface area contributed by atoms with Gasteiger partial charge in [-0.3, -0.25) is 0 Å². The minimum absolute atomic E-state index is 0.313. The third-order valence-electron chi connectivity index (χ3n) is 3.77. The molecule has 0 spiro atoms. The van der Waals surface area contributed by atoms with Gasteiger partial charge >= 0.3 is 6.03 Å². The first-order valence-corrected chi connectivity index (χ1v) is 8.31. The van der Waals surface area contributed by atoms with Crippen LogP contribution in [0.2, 0.25) is 10.0 Å². The normalized spacial score (nSPS) is 10.5. The first kappa shape index (κ1) is 17.3. The first-order valence-electron chi connectivity index (χ1n) is 7.55. The minimum Gasteiger partial charge on any atom is -0.351 e. The highest BCUT2D eigenvalue weighted by Gasteiger charge is 2.22. The van der Waals surface area contributed by atoms with Crippen molar-refractivity contribution in [2.75, 3.05) is 4.90 Å². The van der Waals surface area contributed by atoms with Crippen LogP contribution < -0.4 is 10.6 Å². The van der Waals surface area contributed by atoms with Gasteiger partial charge in [0, 0.05) is 5.56 Å². The Morgan fingerprint density at radius 2 is 1.60 bits per heavy atom. The van der Waals surface area contributed by atoms with E-state index in [0.717, 1.165) is 16.8 Å². The Kier molecular flexibility index (Phi) is 4.93. The Hall–Kier alpha value is -2.56. The van der Waals surface area contributed by atoms with Gasteiger partial charge in [0.05, 0.1) is 21.4 Å². The average Bonchev–Trinajstić information content (AvgIpc) is 2.58. The largest absolute Gasteiger partial charge is 0.351 e. The highest BCUT2D eigenvalue weighted by Crippen LogP contribution is 2.37. The fraction of sp³-hybridized carbons (Fsp3) is 0.0526. The number of hydrogen-bond acceptors (Lipinski definition) is 2. The van der Waals surface area contributed by atoms with Gasteiger partial charge < -0.3 is 5.73 Å². The highest BCUT2D eigenvalue weighted by molar-refractivity contribution is 6.40. The van der Waals surface area contributed by atoms with Crippen molar-refractivity contribution in [3.05, 3.63) is 76.3 Å². The number of urea groups is 1. The summed E-state index contributed by atoms with van der Waals surface area (Å²) in [5.74, 6) is 0.350. The zero-order chi connectivity index (χ0) is 18.0. The number of primary amides is 1. The van der Waals surface area contributed by atoms with E-state index in [-0.39, 0.29) is 0 Å². The van der Waals surface area contributed by atoms with Crippen LogP contribution in [0.3, 0.4) is 0 Å². The molecule has 0 saturated carbocycles. The lowest BCUT2D eigenvalue weighted by molar-refractivity contribution is 0.256. The smallest absolute Gasteiger partial charge is 0.325 e. The number of amides is 2. The molecule has 0 aliphatic rings. The van der Waals surface area contributed by atoms with Gasteiger partial charge in [0.25, 0.3) is 0 Å². The molecule has 1 heterocycles. The fourth-order valence-electron chi connectivity index (χ4n) is 2.60. The lowest BCUT2D eigenvalue weighted by Crippen LogP contribution is -2.32. The number of benzene rings is 2. The summed E-state index contributed by atoms with van der Waals surface area (Å²) in [4.78, 5) is 17.9. The van der Waals surface area contributed by atoms with Gasteiger partial charge in [0.1, 0.15) is 5.82 Å². The van der Waals surface area contributed by atoms with Crippen LogP contribution in [0, 0.1) is 6.92 Å². The minimum atomic E-state index is -0.718. The molecule has 25 heavy (non-hydrogen) atoms. The summed E-state index contributed by atoms with van der Waals surface area (Å²) in [7, 11) is 0. The number of carbonyl (C=O) groups excluding carboxylic acids is 1. The molecule has 0 aliphatic carbocycles. The van der Waals surface area contributed by atoms with Crippen molar-refractivity contribution in [2.45, 2.75) is 6.92 Å². The fourth-order valence-corrected chi connectivity index (χ4v) is 3.16. The number of anilines is 2. The average molecular weight is 372 g/mol. The number of aromatic nitrogens is 1. The Labute approximate surface area is 155 Å². The van der Waals surface area contributed by atoms with Crippen LogP contribution in [-0.4, -0.2) is 11.0 Å².